The van der Waals surface area contributed by atoms with E-state index in [0.29, 0.717) is 0 Å². The van der Waals surface area contributed by atoms with Crippen LogP contribution in [0.25, 0.3) is 0 Å². The van der Waals surface area contributed by atoms with E-state index in [1.54, 1.807) is 0 Å². The van der Waals surface area contributed by atoms with Crippen molar-refractivity contribution < 1.29 is 33.3 Å². The smallest absolute Gasteiger partial charge is 0.337 e. The number of hydrazone groups is 1. The average molecular weight is 536 g/mol. The zero-order valence-corrected chi connectivity index (χ0v) is 19.2. The number of anilines is 2. The van der Waals surface area contributed by atoms with Gasteiger partial charge in [-0.15, -0.1) is 0 Å². The Bertz CT molecular complexity index is 1530. The predicted octanol–water partition coefficient (Wildman–Crippen LogP) is 3.81. The van der Waals surface area contributed by atoms with E-state index < -0.39 is 47.9 Å². The standard InChI is InChI=1S/C20H14ClN5O9S/c21-12-7-11(19(27)17(8-12)26(32)33)10-22-23-16-6-5-13(25(30)31)9-18(16)36(34,35)24-15-4-2-1-3-14(15)20(28)29/h1-10,23-24,27H,(H,28,29). The first kappa shape index (κ1) is 25.9. The van der Waals surface area contributed by atoms with Crippen molar-refractivity contribution in [3.63, 3.8) is 0 Å². The second-order valence-corrected chi connectivity index (χ2v) is 8.97. The third-order valence-electron chi connectivity index (χ3n) is 4.54. The Morgan fingerprint density at radius 3 is 2.36 bits per heavy atom. The molecule has 14 nitrogen and oxygen atoms in total. The molecule has 0 aliphatic heterocycles. The van der Waals surface area contributed by atoms with Crippen LogP contribution in [0.15, 0.2) is 64.6 Å². The van der Waals surface area contributed by atoms with Gasteiger partial charge in [0.2, 0.25) is 5.75 Å². The molecule has 186 valence electrons. The number of non-ortho nitro benzene ring substituents is 1. The summed E-state index contributed by atoms with van der Waals surface area (Å²) in [4.78, 5) is 31.3. The molecule has 0 amide bonds. The van der Waals surface area contributed by atoms with Crippen LogP contribution in [-0.4, -0.2) is 40.7 Å². The number of sulfonamides is 1. The molecule has 0 atom stereocenters. The maximum Gasteiger partial charge on any atom is 0.337 e. The Hall–Kier alpha value is -4.76. The van der Waals surface area contributed by atoms with E-state index in [-0.39, 0.29) is 27.5 Å². The van der Waals surface area contributed by atoms with Crippen LogP contribution in [0.3, 0.4) is 0 Å². The summed E-state index contributed by atoms with van der Waals surface area (Å²) < 4.78 is 28.2. The number of nitrogens with one attached hydrogen (secondary N) is 2. The lowest BCUT2D eigenvalue weighted by atomic mass is 10.2. The van der Waals surface area contributed by atoms with E-state index in [1.807, 2.05) is 0 Å². The van der Waals surface area contributed by atoms with Crippen molar-refractivity contribution in [2.75, 3.05) is 10.1 Å². The molecular weight excluding hydrogens is 522 g/mol. The van der Waals surface area contributed by atoms with Crippen molar-refractivity contribution in [3.05, 3.63) is 91.0 Å². The largest absolute Gasteiger partial charge is 0.502 e. The van der Waals surface area contributed by atoms with Crippen LogP contribution in [0.5, 0.6) is 5.75 Å². The van der Waals surface area contributed by atoms with Gasteiger partial charge in [0, 0.05) is 28.8 Å². The van der Waals surface area contributed by atoms with Crippen LogP contribution >= 0.6 is 11.6 Å². The summed E-state index contributed by atoms with van der Waals surface area (Å²) in [6, 6.07) is 9.95. The number of nitro benzene ring substituents is 2. The SMILES string of the molecule is O=C(O)c1ccccc1NS(=O)(=O)c1cc([N+](=O)[O-])ccc1NN=Cc1cc(Cl)cc([N+](=O)[O-])c1O. The molecule has 0 aliphatic rings. The van der Waals surface area contributed by atoms with E-state index in [9.17, 15) is 43.7 Å². The number of aromatic carboxylic acids is 1. The van der Waals surface area contributed by atoms with Crippen LogP contribution in [0.2, 0.25) is 5.02 Å². The number of rotatable bonds is 9. The molecule has 0 saturated carbocycles. The number of carboxylic acid groups (broad SMARTS) is 1. The average Bonchev–Trinajstić information content (AvgIpc) is 2.80. The maximum atomic E-state index is 13.1. The lowest BCUT2D eigenvalue weighted by Gasteiger charge is -2.13. The number of phenolic OH excluding ortho intramolecular Hbond substituents is 1. The minimum atomic E-state index is -4.60. The Kier molecular flexibility index (Phi) is 7.36. The van der Waals surface area contributed by atoms with Crippen molar-refractivity contribution in [1.29, 1.82) is 0 Å². The second kappa shape index (κ2) is 10.2. The number of nitro groups is 2. The van der Waals surface area contributed by atoms with E-state index >= 15 is 0 Å². The van der Waals surface area contributed by atoms with Crippen molar-refractivity contribution in [1.82, 2.24) is 0 Å². The topological polar surface area (TPSA) is 214 Å². The first-order valence-electron chi connectivity index (χ1n) is 9.50. The molecule has 3 rings (SSSR count). The lowest BCUT2D eigenvalue weighted by molar-refractivity contribution is -0.385. The van der Waals surface area contributed by atoms with Crippen LogP contribution in [-0.2, 0) is 10.0 Å². The molecular formula is C20H14ClN5O9S. The molecule has 3 aromatic rings. The number of nitrogens with zero attached hydrogens (tertiary/aromatic N) is 3. The number of carbonyl (C=O) groups is 1. The van der Waals surface area contributed by atoms with Gasteiger partial charge in [0.1, 0.15) is 4.90 Å². The maximum absolute atomic E-state index is 13.1. The van der Waals surface area contributed by atoms with Gasteiger partial charge >= 0.3 is 11.7 Å². The number of halogens is 1. The highest BCUT2D eigenvalue weighted by Crippen LogP contribution is 2.33. The third-order valence-corrected chi connectivity index (χ3v) is 6.16. The number of phenols is 1. The minimum Gasteiger partial charge on any atom is -0.502 e. The summed E-state index contributed by atoms with van der Waals surface area (Å²) in [5.74, 6) is -2.16. The van der Waals surface area contributed by atoms with Crippen molar-refractivity contribution in [2.45, 2.75) is 4.90 Å². The fourth-order valence-electron chi connectivity index (χ4n) is 2.91. The Morgan fingerprint density at radius 2 is 1.72 bits per heavy atom. The number of para-hydroxylation sites is 1. The van der Waals surface area contributed by atoms with Gasteiger partial charge in [-0.05, 0) is 24.3 Å². The monoisotopic (exact) mass is 535 g/mol. The first-order chi connectivity index (χ1) is 16.9. The number of benzene rings is 3. The highest BCUT2D eigenvalue weighted by atomic mass is 35.5. The summed E-state index contributed by atoms with van der Waals surface area (Å²) >= 11 is 5.82. The fraction of sp³-hybridized carbons (Fsp3) is 0. The molecule has 0 spiro atoms. The van der Waals surface area contributed by atoms with Crippen LogP contribution in [0.1, 0.15) is 15.9 Å². The van der Waals surface area contributed by atoms with Gasteiger partial charge in [0.05, 0.1) is 33.0 Å². The molecule has 0 aromatic heterocycles. The highest BCUT2D eigenvalue weighted by molar-refractivity contribution is 7.93. The quantitative estimate of drug-likeness (QED) is 0.176. The zero-order valence-electron chi connectivity index (χ0n) is 17.7. The highest BCUT2D eigenvalue weighted by Gasteiger charge is 2.25. The van der Waals surface area contributed by atoms with E-state index in [0.717, 1.165) is 42.6 Å². The normalized spacial score (nSPS) is 11.2. The molecule has 16 heteroatoms. The minimum absolute atomic E-state index is 0.0825. The summed E-state index contributed by atoms with van der Waals surface area (Å²) in [6.45, 7) is 0. The fourth-order valence-corrected chi connectivity index (χ4v) is 4.39. The number of hydrogen-bond donors (Lipinski definition) is 4. The van der Waals surface area contributed by atoms with Gasteiger partial charge in [0.15, 0.2) is 0 Å². The van der Waals surface area contributed by atoms with Gasteiger partial charge in [-0.2, -0.15) is 5.10 Å². The van der Waals surface area contributed by atoms with Gasteiger partial charge in [-0.3, -0.25) is 30.4 Å². The molecule has 3 aromatic carbocycles. The molecule has 4 N–H and O–H groups in total. The van der Waals surface area contributed by atoms with Crippen molar-refractivity contribution in [2.24, 2.45) is 5.10 Å². The summed E-state index contributed by atoms with van der Waals surface area (Å²) in [5.41, 5.74) is -0.0377. The second-order valence-electron chi connectivity index (χ2n) is 6.88. The first-order valence-corrected chi connectivity index (χ1v) is 11.4. The summed E-state index contributed by atoms with van der Waals surface area (Å²) in [5, 5.41) is 45.3. The number of hydrogen-bond acceptors (Lipinski definition) is 10. The van der Waals surface area contributed by atoms with Crippen molar-refractivity contribution in [3.8, 4) is 5.75 Å². The van der Waals surface area contributed by atoms with Gasteiger partial charge in [-0.1, -0.05) is 23.7 Å². The molecule has 0 saturated heterocycles. The van der Waals surface area contributed by atoms with Crippen LogP contribution in [0.4, 0.5) is 22.7 Å². The van der Waals surface area contributed by atoms with Gasteiger partial charge in [0.25, 0.3) is 15.7 Å². The molecule has 0 heterocycles. The van der Waals surface area contributed by atoms with Crippen molar-refractivity contribution >= 4 is 56.6 Å². The third kappa shape index (κ3) is 5.65. The molecule has 0 fully saturated rings. The van der Waals surface area contributed by atoms with E-state index in [2.05, 4.69) is 15.2 Å². The lowest BCUT2D eigenvalue weighted by Crippen LogP contribution is -2.17. The molecule has 0 unspecified atom stereocenters. The Labute approximate surface area is 206 Å². The number of aromatic hydroxyl groups is 1. The molecule has 0 bridgehead atoms. The number of carboxylic acids is 1. The Morgan fingerprint density at radius 1 is 1.03 bits per heavy atom. The van der Waals surface area contributed by atoms with E-state index in [4.69, 9.17) is 11.6 Å². The summed E-state index contributed by atoms with van der Waals surface area (Å²) in [7, 11) is -4.60. The predicted molar refractivity (Wildman–Crippen MR) is 128 cm³/mol. The molecule has 36 heavy (non-hydrogen) atoms. The van der Waals surface area contributed by atoms with Crippen LogP contribution < -0.4 is 10.1 Å². The Balaban J connectivity index is 2.02. The zero-order chi connectivity index (χ0) is 26.6. The molecule has 0 radical (unpaired) electrons. The summed E-state index contributed by atoms with van der Waals surface area (Å²) in [6.07, 6.45) is 0.916. The van der Waals surface area contributed by atoms with Gasteiger partial charge < -0.3 is 10.2 Å². The molecule has 0 aliphatic carbocycles. The van der Waals surface area contributed by atoms with E-state index in [1.165, 1.54) is 18.2 Å². The van der Waals surface area contributed by atoms with Gasteiger partial charge in [-0.25, -0.2) is 13.2 Å². The van der Waals surface area contributed by atoms with Crippen LogP contribution in [0, 0.1) is 20.2 Å².